The van der Waals surface area contributed by atoms with Gasteiger partial charge in [0.25, 0.3) is 5.91 Å². The van der Waals surface area contributed by atoms with Gasteiger partial charge in [0.2, 0.25) is 0 Å². The van der Waals surface area contributed by atoms with E-state index in [1.54, 1.807) is 0 Å². The first-order valence-corrected chi connectivity index (χ1v) is 8.31. The van der Waals surface area contributed by atoms with E-state index in [1.807, 2.05) is 41.8 Å². The number of carbonyl (C=O) groups is 2. The smallest absolute Gasteiger partial charge is 0.311 e. The van der Waals surface area contributed by atoms with Crippen LogP contribution >= 0.6 is 11.3 Å². The van der Waals surface area contributed by atoms with Crippen molar-refractivity contribution >= 4 is 28.9 Å². The molecule has 0 spiro atoms. The highest BCUT2D eigenvalue weighted by Gasteiger charge is 2.13. The van der Waals surface area contributed by atoms with Crippen LogP contribution < -0.4 is 5.32 Å². The first-order chi connectivity index (χ1) is 10.8. The zero-order chi connectivity index (χ0) is 16.9. The van der Waals surface area contributed by atoms with Gasteiger partial charge in [-0.25, -0.2) is 0 Å². The summed E-state index contributed by atoms with van der Waals surface area (Å²) in [7, 11) is 0. The second-order valence-electron chi connectivity index (χ2n) is 6.29. The lowest BCUT2D eigenvalue weighted by atomic mass is 9.87. The summed E-state index contributed by atoms with van der Waals surface area (Å²) in [5, 5.41) is 4.62. The Hall–Kier alpha value is -2.14. The molecule has 0 aliphatic carbocycles. The monoisotopic (exact) mass is 331 g/mol. The lowest BCUT2D eigenvalue weighted by Gasteiger charge is -2.19. The Bertz CT molecular complexity index is 655. The molecule has 0 unspecified atom stereocenters. The van der Waals surface area contributed by atoms with E-state index in [1.165, 1.54) is 16.9 Å². The number of esters is 1. The standard InChI is InChI=1S/C18H21NO3S/c1-18(2,3)13-6-8-14(9-7-13)19-16(20)12-22-17(21)11-15-5-4-10-23-15/h4-10H,11-12H2,1-3H3,(H,19,20). The molecule has 0 fully saturated rings. The van der Waals surface area contributed by atoms with E-state index in [-0.39, 0.29) is 24.3 Å². The molecule has 1 aromatic carbocycles. The summed E-state index contributed by atoms with van der Waals surface area (Å²) in [5.74, 6) is -0.737. The van der Waals surface area contributed by atoms with Gasteiger partial charge in [0.1, 0.15) is 0 Å². The minimum atomic E-state index is -0.398. The molecule has 1 heterocycles. The Labute approximate surface area is 140 Å². The maximum absolute atomic E-state index is 11.8. The van der Waals surface area contributed by atoms with Crippen molar-refractivity contribution in [2.24, 2.45) is 0 Å². The van der Waals surface area contributed by atoms with Gasteiger partial charge in [0.05, 0.1) is 6.42 Å². The number of ether oxygens (including phenoxy) is 1. The fourth-order valence-corrected chi connectivity index (χ4v) is 2.69. The van der Waals surface area contributed by atoms with Gasteiger partial charge in [-0.1, -0.05) is 39.0 Å². The van der Waals surface area contributed by atoms with Crippen molar-refractivity contribution in [1.29, 1.82) is 0 Å². The molecule has 122 valence electrons. The third-order valence-corrected chi connectivity index (χ3v) is 4.17. The number of hydrogen-bond acceptors (Lipinski definition) is 4. The van der Waals surface area contributed by atoms with Gasteiger partial charge in [-0.2, -0.15) is 0 Å². The summed E-state index contributed by atoms with van der Waals surface area (Å²) in [6.45, 7) is 6.13. The number of anilines is 1. The van der Waals surface area contributed by atoms with Crippen LogP contribution in [0.4, 0.5) is 5.69 Å². The summed E-state index contributed by atoms with van der Waals surface area (Å²) in [6.07, 6.45) is 0.200. The Morgan fingerprint density at radius 2 is 1.83 bits per heavy atom. The van der Waals surface area contributed by atoms with Crippen molar-refractivity contribution in [1.82, 2.24) is 0 Å². The van der Waals surface area contributed by atoms with Crippen molar-refractivity contribution in [3.8, 4) is 0 Å². The zero-order valence-corrected chi connectivity index (χ0v) is 14.4. The molecule has 4 nitrogen and oxygen atoms in total. The van der Waals surface area contributed by atoms with Gasteiger partial charge in [-0.15, -0.1) is 11.3 Å². The lowest BCUT2D eigenvalue weighted by molar-refractivity contribution is -0.146. The minimum absolute atomic E-state index is 0.0693. The van der Waals surface area contributed by atoms with Gasteiger partial charge >= 0.3 is 5.97 Å². The second-order valence-corrected chi connectivity index (χ2v) is 7.32. The van der Waals surface area contributed by atoms with Crippen LogP contribution in [0.1, 0.15) is 31.2 Å². The topological polar surface area (TPSA) is 55.4 Å². The van der Waals surface area contributed by atoms with Crippen LogP contribution in [0, 0.1) is 0 Å². The summed E-state index contributed by atoms with van der Waals surface area (Å²) >= 11 is 1.49. The first kappa shape index (κ1) is 17.2. The summed E-state index contributed by atoms with van der Waals surface area (Å²) in [4.78, 5) is 24.4. The average Bonchev–Trinajstić information content (AvgIpc) is 2.98. The molecule has 2 rings (SSSR count). The third-order valence-electron chi connectivity index (χ3n) is 3.30. The van der Waals surface area contributed by atoms with E-state index in [9.17, 15) is 9.59 Å². The molecule has 1 N–H and O–H groups in total. The largest absolute Gasteiger partial charge is 0.455 e. The Morgan fingerprint density at radius 1 is 1.13 bits per heavy atom. The molecule has 0 saturated carbocycles. The van der Waals surface area contributed by atoms with Crippen LogP contribution in [0.5, 0.6) is 0 Å². The molecule has 0 aliphatic rings. The van der Waals surface area contributed by atoms with Crippen molar-refractivity contribution in [3.63, 3.8) is 0 Å². The van der Waals surface area contributed by atoms with Crippen molar-refractivity contribution in [2.45, 2.75) is 32.6 Å². The lowest BCUT2D eigenvalue weighted by Crippen LogP contribution is -2.21. The first-order valence-electron chi connectivity index (χ1n) is 7.43. The highest BCUT2D eigenvalue weighted by Crippen LogP contribution is 2.23. The van der Waals surface area contributed by atoms with E-state index in [4.69, 9.17) is 4.74 Å². The van der Waals surface area contributed by atoms with Crippen molar-refractivity contribution < 1.29 is 14.3 Å². The number of thiophene rings is 1. The molecule has 0 bridgehead atoms. The van der Waals surface area contributed by atoms with Gasteiger partial charge in [0.15, 0.2) is 6.61 Å². The van der Waals surface area contributed by atoms with Crippen molar-refractivity contribution in [3.05, 3.63) is 52.2 Å². The quantitative estimate of drug-likeness (QED) is 0.849. The maximum Gasteiger partial charge on any atom is 0.311 e. The molecular formula is C18H21NO3S. The second kappa shape index (κ2) is 7.42. The molecule has 23 heavy (non-hydrogen) atoms. The Kier molecular flexibility index (Phi) is 5.55. The SMILES string of the molecule is CC(C)(C)c1ccc(NC(=O)COC(=O)Cc2cccs2)cc1. The molecule has 2 aromatic rings. The summed E-state index contributed by atoms with van der Waals surface area (Å²) < 4.78 is 4.98. The van der Waals surface area contributed by atoms with Gasteiger partial charge in [0, 0.05) is 10.6 Å². The fourth-order valence-electron chi connectivity index (χ4n) is 2.00. The Balaban J connectivity index is 1.79. The Morgan fingerprint density at radius 3 is 2.39 bits per heavy atom. The molecule has 0 aliphatic heterocycles. The molecular weight excluding hydrogens is 310 g/mol. The number of nitrogens with one attached hydrogen (secondary N) is 1. The molecule has 1 aromatic heterocycles. The number of amides is 1. The van der Waals surface area contributed by atoms with Crippen LogP contribution in [0.25, 0.3) is 0 Å². The molecule has 5 heteroatoms. The van der Waals surface area contributed by atoms with E-state index in [0.717, 1.165) is 4.88 Å². The van der Waals surface area contributed by atoms with Gasteiger partial charge in [-0.05, 0) is 34.6 Å². The minimum Gasteiger partial charge on any atom is -0.455 e. The van der Waals surface area contributed by atoms with E-state index in [0.29, 0.717) is 5.69 Å². The average molecular weight is 331 g/mol. The number of rotatable bonds is 5. The highest BCUT2D eigenvalue weighted by atomic mass is 32.1. The normalized spacial score (nSPS) is 11.1. The van der Waals surface area contributed by atoms with Gasteiger partial charge < -0.3 is 10.1 Å². The van der Waals surface area contributed by atoms with E-state index < -0.39 is 5.97 Å². The molecule has 1 amide bonds. The summed E-state index contributed by atoms with van der Waals surface area (Å²) in [5.41, 5.74) is 1.95. The number of benzene rings is 1. The predicted octanol–water partition coefficient (Wildman–Crippen LogP) is 3.77. The zero-order valence-electron chi connectivity index (χ0n) is 13.6. The van der Waals surface area contributed by atoms with Crippen LogP contribution in [-0.2, 0) is 26.2 Å². The number of hydrogen-bond donors (Lipinski definition) is 1. The fraction of sp³-hybridized carbons (Fsp3) is 0.333. The van der Waals surface area contributed by atoms with Crippen molar-refractivity contribution in [2.75, 3.05) is 11.9 Å². The molecule has 0 saturated heterocycles. The van der Waals surface area contributed by atoms with Gasteiger partial charge in [-0.3, -0.25) is 9.59 Å². The predicted molar refractivity (Wildman–Crippen MR) is 92.8 cm³/mol. The third kappa shape index (κ3) is 5.53. The number of carbonyl (C=O) groups excluding carboxylic acids is 2. The van der Waals surface area contributed by atoms with Crippen LogP contribution in [0.3, 0.4) is 0 Å². The van der Waals surface area contributed by atoms with Crippen LogP contribution in [-0.4, -0.2) is 18.5 Å². The van der Waals surface area contributed by atoms with E-state index in [2.05, 4.69) is 26.1 Å². The molecule has 0 radical (unpaired) electrons. The summed E-state index contributed by atoms with van der Waals surface area (Å²) in [6, 6.07) is 11.4. The van der Waals surface area contributed by atoms with Crippen LogP contribution in [0.2, 0.25) is 0 Å². The van der Waals surface area contributed by atoms with Crippen LogP contribution in [0.15, 0.2) is 41.8 Å². The molecule has 0 atom stereocenters. The van der Waals surface area contributed by atoms with E-state index >= 15 is 0 Å². The highest BCUT2D eigenvalue weighted by molar-refractivity contribution is 7.10. The maximum atomic E-state index is 11.8.